The van der Waals surface area contributed by atoms with Crippen molar-refractivity contribution in [1.82, 2.24) is 14.8 Å². The summed E-state index contributed by atoms with van der Waals surface area (Å²) in [6, 6.07) is 2.41. The molecule has 0 amide bonds. The van der Waals surface area contributed by atoms with Crippen molar-refractivity contribution in [3.63, 3.8) is 0 Å². The second-order valence-electron chi connectivity index (χ2n) is 4.71. The fraction of sp³-hybridized carbons (Fsp3) is 0.385. The zero-order chi connectivity index (χ0) is 15.4. The molecule has 0 unspecified atom stereocenters. The molecule has 0 spiro atoms. The summed E-state index contributed by atoms with van der Waals surface area (Å²) in [6.07, 6.45) is 2.13. The van der Waals surface area contributed by atoms with Crippen LogP contribution in [0.5, 0.6) is 0 Å². The second-order valence-corrected chi connectivity index (χ2v) is 4.71. The molecular weight excluding hydrogens is 280 g/mol. The van der Waals surface area contributed by atoms with Crippen LogP contribution in [0.3, 0.4) is 0 Å². The van der Waals surface area contributed by atoms with Gasteiger partial charge in [-0.25, -0.2) is 23.2 Å². The van der Waals surface area contributed by atoms with Crippen molar-refractivity contribution >= 4 is 0 Å². The molecule has 21 heavy (non-hydrogen) atoms. The monoisotopic (exact) mass is 297 g/mol. The summed E-state index contributed by atoms with van der Waals surface area (Å²) in [5.74, 6) is -1.36. The van der Waals surface area contributed by atoms with Crippen LogP contribution in [0.1, 0.15) is 31.1 Å². The number of nitrogens with zero attached hydrogens (tertiary/aromatic N) is 2. The number of rotatable bonds is 6. The predicted octanol–water partition coefficient (Wildman–Crippen LogP) is 0.968. The van der Waals surface area contributed by atoms with Gasteiger partial charge in [-0.2, -0.15) is 5.10 Å². The first kappa shape index (κ1) is 15.3. The van der Waals surface area contributed by atoms with Crippen molar-refractivity contribution in [2.75, 3.05) is 6.54 Å². The molecule has 114 valence electrons. The van der Waals surface area contributed by atoms with E-state index in [0.717, 1.165) is 23.5 Å². The predicted molar refractivity (Wildman–Crippen MR) is 73.9 cm³/mol. The van der Waals surface area contributed by atoms with Crippen molar-refractivity contribution in [1.29, 1.82) is 0 Å². The first-order valence-electron chi connectivity index (χ1n) is 6.63. The average molecular weight is 297 g/mol. The molecule has 1 aromatic heterocycles. The van der Waals surface area contributed by atoms with Gasteiger partial charge in [-0.1, -0.05) is 6.42 Å². The van der Waals surface area contributed by atoms with Gasteiger partial charge in [-0.15, -0.1) is 0 Å². The van der Waals surface area contributed by atoms with Crippen LogP contribution in [0, 0.1) is 11.6 Å². The van der Waals surface area contributed by atoms with Crippen molar-refractivity contribution < 1.29 is 8.78 Å². The summed E-state index contributed by atoms with van der Waals surface area (Å²) < 4.78 is 27.8. The second kappa shape index (κ2) is 6.59. The zero-order valence-corrected chi connectivity index (χ0v) is 11.4. The van der Waals surface area contributed by atoms with Gasteiger partial charge in [0.15, 0.2) is 5.82 Å². The van der Waals surface area contributed by atoms with Gasteiger partial charge in [0.05, 0.1) is 11.7 Å². The Hall–Kier alpha value is -2.06. The number of benzene rings is 1. The topological polar surface area (TPSA) is 103 Å². The maximum atomic E-state index is 13.8. The molecule has 8 heteroatoms. The Bertz CT molecular complexity index is 667. The van der Waals surface area contributed by atoms with E-state index in [1.165, 1.54) is 6.07 Å². The molecule has 2 aromatic rings. The molecule has 6 nitrogen and oxygen atoms in total. The van der Waals surface area contributed by atoms with Gasteiger partial charge < -0.3 is 11.5 Å². The van der Waals surface area contributed by atoms with E-state index in [2.05, 4.69) is 10.2 Å². The molecule has 0 saturated carbocycles. The lowest BCUT2D eigenvalue weighted by Gasteiger charge is -2.12. The van der Waals surface area contributed by atoms with Gasteiger partial charge in [0.1, 0.15) is 11.6 Å². The molecule has 0 bridgehead atoms. The highest BCUT2D eigenvalue weighted by molar-refractivity contribution is 5.35. The molecule has 0 aliphatic carbocycles. The summed E-state index contributed by atoms with van der Waals surface area (Å²) in [5, 5.41) is 6.08. The molecule has 0 aliphatic heterocycles. The number of halogens is 2. The number of nitrogens with one attached hydrogen (secondary N) is 1. The smallest absolute Gasteiger partial charge is 0.330 e. The maximum absolute atomic E-state index is 13.8. The van der Waals surface area contributed by atoms with Crippen molar-refractivity contribution in [2.24, 2.45) is 11.5 Å². The van der Waals surface area contributed by atoms with Crippen LogP contribution in [-0.2, 0) is 0 Å². The largest absolute Gasteiger partial charge is 0.348 e. The van der Waals surface area contributed by atoms with E-state index in [-0.39, 0.29) is 11.5 Å². The van der Waals surface area contributed by atoms with Crippen molar-refractivity contribution in [2.45, 2.75) is 25.3 Å². The Balaban J connectivity index is 2.36. The summed E-state index contributed by atoms with van der Waals surface area (Å²) in [6.45, 7) is 0.548. The maximum Gasteiger partial charge on any atom is 0.348 e. The number of hydrogen-bond acceptors (Lipinski definition) is 4. The number of aromatic amines is 1. The van der Waals surface area contributed by atoms with Crippen LogP contribution in [0.4, 0.5) is 8.78 Å². The standard InChI is InChI=1S/C13H17F2N5O/c14-8-4-5-11(9(15)7-8)20-12(18-19-13(20)21)10(17)3-1-2-6-16/h4-5,7,10H,1-3,6,16-17H2,(H,19,21)/t10-/m0/s1. The summed E-state index contributed by atoms with van der Waals surface area (Å²) >= 11 is 0. The number of H-pyrrole nitrogens is 1. The SMILES string of the molecule is NCCCC[C@H](N)c1n[nH]c(=O)n1-c1ccc(F)cc1F. The lowest BCUT2D eigenvalue weighted by molar-refractivity contribution is 0.545. The van der Waals surface area contributed by atoms with Crippen molar-refractivity contribution in [3.8, 4) is 5.69 Å². The van der Waals surface area contributed by atoms with Crippen LogP contribution in [0.25, 0.3) is 5.69 Å². The van der Waals surface area contributed by atoms with Gasteiger partial charge in [0.2, 0.25) is 0 Å². The molecule has 0 saturated heterocycles. The Morgan fingerprint density at radius 1 is 1.33 bits per heavy atom. The third-order valence-corrected chi connectivity index (χ3v) is 3.15. The number of unbranched alkanes of at least 4 members (excludes halogenated alkanes) is 1. The van der Waals surface area contributed by atoms with E-state index in [1.807, 2.05) is 0 Å². The Morgan fingerprint density at radius 3 is 2.76 bits per heavy atom. The minimum absolute atomic E-state index is 0.0839. The van der Waals surface area contributed by atoms with Crippen LogP contribution < -0.4 is 17.2 Å². The molecule has 1 aromatic carbocycles. The van der Waals surface area contributed by atoms with E-state index in [4.69, 9.17) is 11.5 Å². The highest BCUT2D eigenvalue weighted by Crippen LogP contribution is 2.19. The molecule has 0 radical (unpaired) electrons. The summed E-state index contributed by atoms with van der Waals surface area (Å²) in [7, 11) is 0. The average Bonchev–Trinajstić information content (AvgIpc) is 2.81. The quantitative estimate of drug-likeness (QED) is 0.691. The summed E-state index contributed by atoms with van der Waals surface area (Å²) in [4.78, 5) is 11.8. The van der Waals surface area contributed by atoms with Gasteiger partial charge >= 0.3 is 5.69 Å². The molecule has 1 atom stereocenters. The van der Waals surface area contributed by atoms with Crippen LogP contribution in [0.15, 0.2) is 23.0 Å². The van der Waals surface area contributed by atoms with Crippen LogP contribution in [-0.4, -0.2) is 21.3 Å². The highest BCUT2D eigenvalue weighted by Gasteiger charge is 2.19. The number of hydrogen-bond donors (Lipinski definition) is 3. The van der Waals surface area contributed by atoms with Gasteiger partial charge in [-0.05, 0) is 31.5 Å². The first-order chi connectivity index (χ1) is 10.0. The fourth-order valence-corrected chi connectivity index (χ4v) is 2.09. The first-order valence-corrected chi connectivity index (χ1v) is 6.63. The van der Waals surface area contributed by atoms with E-state index < -0.39 is 23.4 Å². The molecule has 5 N–H and O–H groups in total. The molecule has 0 aliphatic rings. The van der Waals surface area contributed by atoms with Crippen LogP contribution in [0.2, 0.25) is 0 Å². The normalized spacial score (nSPS) is 12.6. The van der Waals surface area contributed by atoms with E-state index in [0.29, 0.717) is 19.0 Å². The highest BCUT2D eigenvalue weighted by atomic mass is 19.1. The van der Waals surface area contributed by atoms with E-state index >= 15 is 0 Å². The number of nitrogens with two attached hydrogens (primary N) is 2. The lowest BCUT2D eigenvalue weighted by atomic mass is 10.1. The Kier molecular flexibility index (Phi) is 4.81. The number of aromatic nitrogens is 3. The molecule has 1 heterocycles. The third kappa shape index (κ3) is 3.34. The Labute approximate surface area is 119 Å². The van der Waals surface area contributed by atoms with Gasteiger partial charge in [0.25, 0.3) is 0 Å². The van der Waals surface area contributed by atoms with E-state index in [9.17, 15) is 13.6 Å². The van der Waals surface area contributed by atoms with Crippen LogP contribution >= 0.6 is 0 Å². The van der Waals surface area contributed by atoms with Gasteiger partial charge in [0, 0.05) is 6.07 Å². The Morgan fingerprint density at radius 2 is 2.10 bits per heavy atom. The lowest BCUT2D eigenvalue weighted by Crippen LogP contribution is -2.23. The zero-order valence-electron chi connectivity index (χ0n) is 11.4. The van der Waals surface area contributed by atoms with Crippen molar-refractivity contribution in [3.05, 3.63) is 46.1 Å². The van der Waals surface area contributed by atoms with E-state index in [1.54, 1.807) is 0 Å². The third-order valence-electron chi connectivity index (χ3n) is 3.15. The summed E-state index contributed by atoms with van der Waals surface area (Å²) in [5.41, 5.74) is 10.7. The minimum atomic E-state index is -0.853. The minimum Gasteiger partial charge on any atom is -0.330 e. The molecular formula is C13H17F2N5O. The molecule has 2 rings (SSSR count). The fourth-order valence-electron chi connectivity index (χ4n) is 2.09. The molecule has 0 fully saturated rings. The van der Waals surface area contributed by atoms with Gasteiger partial charge in [-0.3, -0.25) is 0 Å².